The molecule has 0 saturated carbocycles. The first-order valence-electron chi connectivity index (χ1n) is 9.92. The molecule has 0 bridgehead atoms. The smallest absolute Gasteiger partial charge is 0.343 e. The molecular weight excluding hydrogens is 390 g/mol. The number of benzene rings is 2. The molecule has 0 amide bonds. The number of carbonyl (C=O) groups excluding carboxylic acids is 1. The van der Waals surface area contributed by atoms with E-state index in [1.54, 1.807) is 18.2 Å². The van der Waals surface area contributed by atoms with E-state index in [1.807, 2.05) is 26.0 Å². The summed E-state index contributed by atoms with van der Waals surface area (Å²) < 4.78 is 38.7. The molecule has 2 atom stereocenters. The predicted molar refractivity (Wildman–Crippen MR) is 109 cm³/mol. The van der Waals surface area contributed by atoms with Crippen molar-refractivity contribution in [1.29, 1.82) is 0 Å². The fraction of sp³-hybridized carbons (Fsp3) is 0.409. The quantitative estimate of drug-likeness (QED) is 0.566. The van der Waals surface area contributed by atoms with E-state index in [1.165, 1.54) is 27.6 Å². The van der Waals surface area contributed by atoms with E-state index in [2.05, 4.69) is 0 Å². The molecule has 1 fully saturated rings. The number of hydrogen-bond acceptors (Lipinski definition) is 5. The highest BCUT2D eigenvalue weighted by Crippen LogP contribution is 2.27. The summed E-state index contributed by atoms with van der Waals surface area (Å²) in [5.41, 5.74) is 2.72. The zero-order valence-electron chi connectivity index (χ0n) is 16.6. The Morgan fingerprint density at radius 2 is 1.76 bits per heavy atom. The molecule has 2 aromatic rings. The second kappa shape index (κ2) is 7.89. The van der Waals surface area contributed by atoms with Gasteiger partial charge in [-0.2, -0.15) is 4.31 Å². The highest BCUT2D eigenvalue weighted by Gasteiger charge is 2.32. The summed E-state index contributed by atoms with van der Waals surface area (Å²) >= 11 is 0. The maximum Gasteiger partial charge on any atom is 0.343 e. The number of fused-ring (bicyclic) bond motifs is 1. The van der Waals surface area contributed by atoms with Crippen molar-refractivity contribution in [1.82, 2.24) is 4.31 Å². The average Bonchev–Trinajstić information content (AvgIpc) is 3.15. The molecule has 1 saturated heterocycles. The van der Waals surface area contributed by atoms with Gasteiger partial charge >= 0.3 is 5.97 Å². The van der Waals surface area contributed by atoms with Crippen LogP contribution < -0.4 is 4.74 Å². The van der Waals surface area contributed by atoms with Crippen LogP contribution in [-0.4, -0.2) is 44.0 Å². The third kappa shape index (κ3) is 4.22. The van der Waals surface area contributed by atoms with Gasteiger partial charge in [-0.3, -0.25) is 0 Å². The zero-order chi connectivity index (χ0) is 20.6. The van der Waals surface area contributed by atoms with Crippen molar-refractivity contribution >= 4 is 16.0 Å². The Balaban J connectivity index is 1.54. The number of ether oxygens (including phenoxy) is 2. The Morgan fingerprint density at radius 3 is 2.52 bits per heavy atom. The summed E-state index contributed by atoms with van der Waals surface area (Å²) in [6, 6.07) is 11.7. The molecular formula is C22H25NO5S. The van der Waals surface area contributed by atoms with Gasteiger partial charge in [0.1, 0.15) is 5.75 Å². The number of carbonyl (C=O) groups is 1. The van der Waals surface area contributed by atoms with Crippen molar-refractivity contribution in [3.8, 4) is 5.75 Å². The lowest BCUT2D eigenvalue weighted by atomic mass is 10.1. The first kappa shape index (κ1) is 20.1. The second-order valence-corrected chi connectivity index (χ2v) is 9.72. The number of morpholine rings is 1. The lowest BCUT2D eigenvalue weighted by Crippen LogP contribution is -2.48. The third-order valence-electron chi connectivity index (χ3n) is 5.37. The fourth-order valence-corrected chi connectivity index (χ4v) is 5.67. The van der Waals surface area contributed by atoms with Gasteiger partial charge in [0.15, 0.2) is 0 Å². The molecule has 0 N–H and O–H groups in total. The predicted octanol–water partition coefficient (Wildman–Crippen LogP) is 3.19. The van der Waals surface area contributed by atoms with Gasteiger partial charge in [0.05, 0.1) is 22.7 Å². The minimum absolute atomic E-state index is 0.0854. The summed E-state index contributed by atoms with van der Waals surface area (Å²) in [5, 5.41) is 0. The fourth-order valence-electron chi connectivity index (χ4n) is 4.04. The molecule has 1 aliphatic carbocycles. The second-order valence-electron chi connectivity index (χ2n) is 7.78. The highest BCUT2D eigenvalue weighted by atomic mass is 32.2. The number of nitrogens with zero attached hydrogens (tertiary/aromatic N) is 1. The molecule has 1 heterocycles. The van der Waals surface area contributed by atoms with Crippen LogP contribution in [0.3, 0.4) is 0 Å². The molecule has 2 unspecified atom stereocenters. The van der Waals surface area contributed by atoms with Crippen LogP contribution in [-0.2, 0) is 27.6 Å². The van der Waals surface area contributed by atoms with Gasteiger partial charge < -0.3 is 9.47 Å². The van der Waals surface area contributed by atoms with Crippen molar-refractivity contribution in [3.63, 3.8) is 0 Å². The Kier molecular flexibility index (Phi) is 5.46. The lowest BCUT2D eigenvalue weighted by molar-refractivity contribution is -0.0440. The van der Waals surface area contributed by atoms with Crippen molar-refractivity contribution in [3.05, 3.63) is 59.2 Å². The molecule has 2 aromatic carbocycles. The van der Waals surface area contributed by atoms with Gasteiger partial charge in [0.25, 0.3) is 0 Å². The maximum absolute atomic E-state index is 13.1. The first-order chi connectivity index (χ1) is 13.8. The Bertz CT molecular complexity index is 1020. The Hall–Kier alpha value is -2.22. The van der Waals surface area contributed by atoms with Crippen LogP contribution in [0.25, 0.3) is 0 Å². The number of sulfonamides is 1. The largest absolute Gasteiger partial charge is 0.423 e. The monoisotopic (exact) mass is 415 g/mol. The molecule has 2 aliphatic rings. The molecule has 0 aromatic heterocycles. The summed E-state index contributed by atoms with van der Waals surface area (Å²) in [4.78, 5) is 12.7. The van der Waals surface area contributed by atoms with Crippen LogP contribution >= 0.6 is 0 Å². The zero-order valence-corrected chi connectivity index (χ0v) is 17.4. The van der Waals surface area contributed by atoms with Crippen LogP contribution in [0.15, 0.2) is 47.4 Å². The van der Waals surface area contributed by atoms with Gasteiger partial charge in [-0.05, 0) is 74.6 Å². The molecule has 154 valence electrons. The number of hydrogen-bond donors (Lipinski definition) is 0. The molecule has 29 heavy (non-hydrogen) atoms. The normalized spacial score (nSPS) is 22.3. The van der Waals surface area contributed by atoms with Crippen molar-refractivity contribution in [2.45, 2.75) is 50.2 Å². The molecule has 0 spiro atoms. The summed E-state index contributed by atoms with van der Waals surface area (Å²) in [6.07, 6.45) is 2.81. The van der Waals surface area contributed by atoms with Gasteiger partial charge in [0, 0.05) is 13.1 Å². The van der Waals surface area contributed by atoms with E-state index in [9.17, 15) is 13.2 Å². The van der Waals surface area contributed by atoms with Crippen molar-refractivity contribution in [2.24, 2.45) is 0 Å². The first-order valence-corrected chi connectivity index (χ1v) is 11.4. The Morgan fingerprint density at radius 1 is 1.03 bits per heavy atom. The standard InChI is InChI=1S/C22H25NO5S/c1-15-13-23(14-16(2)27-15)29(25,26)21-8-4-7-19(12-21)22(24)28-20-10-9-17-5-3-6-18(17)11-20/h4,7-12,15-16H,3,5-6,13-14H2,1-2H3. The maximum atomic E-state index is 13.1. The molecule has 1 aliphatic heterocycles. The van der Waals surface area contributed by atoms with E-state index in [0.717, 1.165) is 19.3 Å². The van der Waals surface area contributed by atoms with Gasteiger partial charge in [-0.1, -0.05) is 12.1 Å². The summed E-state index contributed by atoms with van der Waals surface area (Å²) in [7, 11) is -3.72. The molecule has 7 heteroatoms. The molecule has 0 radical (unpaired) electrons. The van der Waals surface area contributed by atoms with Gasteiger partial charge in [-0.25, -0.2) is 13.2 Å². The molecule has 4 rings (SSSR count). The van der Waals surface area contributed by atoms with E-state index in [0.29, 0.717) is 5.75 Å². The van der Waals surface area contributed by atoms with Crippen LogP contribution in [0.4, 0.5) is 0 Å². The van der Waals surface area contributed by atoms with E-state index in [4.69, 9.17) is 9.47 Å². The highest BCUT2D eigenvalue weighted by molar-refractivity contribution is 7.89. The van der Waals surface area contributed by atoms with Crippen LogP contribution in [0.1, 0.15) is 41.8 Å². The Labute approximate surface area is 171 Å². The van der Waals surface area contributed by atoms with Crippen molar-refractivity contribution in [2.75, 3.05) is 13.1 Å². The third-order valence-corrected chi connectivity index (χ3v) is 7.20. The van der Waals surface area contributed by atoms with E-state index >= 15 is 0 Å². The summed E-state index contributed by atoms with van der Waals surface area (Å²) in [5.74, 6) is -0.0801. The van der Waals surface area contributed by atoms with Crippen LogP contribution in [0, 0.1) is 0 Å². The van der Waals surface area contributed by atoms with E-state index in [-0.39, 0.29) is 35.8 Å². The number of esters is 1. The van der Waals surface area contributed by atoms with Crippen LogP contribution in [0.2, 0.25) is 0 Å². The van der Waals surface area contributed by atoms with E-state index < -0.39 is 16.0 Å². The topological polar surface area (TPSA) is 72.9 Å². The molecule has 6 nitrogen and oxygen atoms in total. The van der Waals surface area contributed by atoms with Crippen LogP contribution in [0.5, 0.6) is 5.75 Å². The SMILES string of the molecule is CC1CN(S(=O)(=O)c2cccc(C(=O)Oc3ccc4c(c3)CCC4)c2)CC(C)O1. The van der Waals surface area contributed by atoms with Crippen molar-refractivity contribution < 1.29 is 22.7 Å². The number of aryl methyl sites for hydroxylation is 2. The summed E-state index contributed by atoms with van der Waals surface area (Å²) in [6.45, 7) is 4.28. The minimum Gasteiger partial charge on any atom is -0.423 e. The lowest BCUT2D eigenvalue weighted by Gasteiger charge is -2.34. The van der Waals surface area contributed by atoms with Gasteiger partial charge in [0.2, 0.25) is 10.0 Å². The number of rotatable bonds is 4. The minimum atomic E-state index is -3.72. The average molecular weight is 416 g/mol. The van der Waals surface area contributed by atoms with Gasteiger partial charge in [-0.15, -0.1) is 0 Å².